The van der Waals surface area contributed by atoms with E-state index >= 15 is 0 Å². The number of hydrogen-bond acceptors (Lipinski definition) is 3. The van der Waals surface area contributed by atoms with Crippen LogP contribution in [0.4, 0.5) is 0 Å². The van der Waals surface area contributed by atoms with E-state index in [4.69, 9.17) is 5.73 Å². The molecule has 3 rings (SSSR count). The van der Waals surface area contributed by atoms with Gasteiger partial charge in [-0.3, -0.25) is 4.79 Å². The summed E-state index contributed by atoms with van der Waals surface area (Å²) in [5, 5.41) is 15.6. The van der Waals surface area contributed by atoms with E-state index in [0.29, 0.717) is 5.92 Å². The van der Waals surface area contributed by atoms with Gasteiger partial charge in [-0.05, 0) is 35.6 Å². The SMILES string of the molecule is C[C@H](NC(=O)C(O)[C@H](N)CC1CCCCC1)c1cccc2ccccc12. The summed E-state index contributed by atoms with van der Waals surface area (Å²) in [4.78, 5) is 12.5. The molecule has 0 radical (unpaired) electrons. The lowest BCUT2D eigenvalue weighted by molar-refractivity contribution is -0.131. The maximum Gasteiger partial charge on any atom is 0.250 e. The summed E-state index contributed by atoms with van der Waals surface area (Å²) in [5.41, 5.74) is 7.19. The van der Waals surface area contributed by atoms with Crippen molar-refractivity contribution in [3.63, 3.8) is 0 Å². The summed E-state index contributed by atoms with van der Waals surface area (Å²) in [6.45, 7) is 1.94. The van der Waals surface area contributed by atoms with E-state index in [9.17, 15) is 9.90 Å². The Labute approximate surface area is 155 Å². The summed E-state index contributed by atoms with van der Waals surface area (Å²) in [7, 11) is 0. The molecule has 2 aromatic rings. The van der Waals surface area contributed by atoms with Crippen LogP contribution in [0, 0.1) is 5.92 Å². The zero-order valence-electron chi connectivity index (χ0n) is 15.5. The van der Waals surface area contributed by atoms with Gasteiger partial charge in [-0.15, -0.1) is 0 Å². The average molecular weight is 354 g/mol. The first-order valence-electron chi connectivity index (χ1n) is 9.78. The second kappa shape index (κ2) is 8.65. The maximum absolute atomic E-state index is 12.5. The molecule has 0 spiro atoms. The summed E-state index contributed by atoms with van der Waals surface area (Å²) in [6, 6.07) is 13.5. The lowest BCUT2D eigenvalue weighted by Gasteiger charge is -2.27. The molecule has 1 aliphatic rings. The van der Waals surface area contributed by atoms with Crippen molar-refractivity contribution in [2.24, 2.45) is 11.7 Å². The molecule has 1 aliphatic carbocycles. The molecule has 2 aromatic carbocycles. The fourth-order valence-electron chi connectivity index (χ4n) is 4.14. The van der Waals surface area contributed by atoms with Gasteiger partial charge in [0.15, 0.2) is 0 Å². The van der Waals surface area contributed by atoms with Gasteiger partial charge in [-0.25, -0.2) is 0 Å². The third-order valence-corrected chi connectivity index (χ3v) is 5.65. The van der Waals surface area contributed by atoms with Crippen molar-refractivity contribution in [3.05, 3.63) is 48.0 Å². The van der Waals surface area contributed by atoms with Crippen molar-refractivity contribution in [1.29, 1.82) is 0 Å². The molecule has 3 atom stereocenters. The van der Waals surface area contributed by atoms with E-state index in [0.717, 1.165) is 35.6 Å². The van der Waals surface area contributed by atoms with Crippen LogP contribution in [-0.4, -0.2) is 23.2 Å². The number of amides is 1. The molecule has 4 N–H and O–H groups in total. The van der Waals surface area contributed by atoms with Gasteiger partial charge in [0, 0.05) is 6.04 Å². The maximum atomic E-state index is 12.5. The molecule has 26 heavy (non-hydrogen) atoms. The molecular formula is C22H30N2O2. The van der Waals surface area contributed by atoms with E-state index in [1.165, 1.54) is 19.3 Å². The van der Waals surface area contributed by atoms with Gasteiger partial charge in [0.1, 0.15) is 6.10 Å². The number of carbonyl (C=O) groups is 1. The number of aliphatic hydroxyl groups is 1. The number of nitrogens with one attached hydrogen (secondary N) is 1. The Morgan fingerprint density at radius 2 is 1.85 bits per heavy atom. The van der Waals surface area contributed by atoms with Gasteiger partial charge < -0.3 is 16.2 Å². The second-order valence-corrected chi connectivity index (χ2v) is 7.65. The lowest BCUT2D eigenvalue weighted by atomic mass is 9.84. The number of nitrogens with two attached hydrogens (primary N) is 1. The number of fused-ring (bicyclic) bond motifs is 1. The summed E-state index contributed by atoms with van der Waals surface area (Å²) >= 11 is 0. The highest BCUT2D eigenvalue weighted by molar-refractivity contribution is 5.87. The first-order valence-corrected chi connectivity index (χ1v) is 9.78. The highest BCUT2D eigenvalue weighted by Crippen LogP contribution is 2.28. The molecule has 1 saturated carbocycles. The van der Waals surface area contributed by atoms with Crippen LogP contribution in [0.15, 0.2) is 42.5 Å². The van der Waals surface area contributed by atoms with Crippen molar-refractivity contribution in [2.45, 2.75) is 63.6 Å². The molecule has 0 saturated heterocycles. The normalized spacial score (nSPS) is 19.0. The van der Waals surface area contributed by atoms with Crippen LogP contribution in [0.3, 0.4) is 0 Å². The number of carbonyl (C=O) groups excluding carboxylic acids is 1. The molecule has 1 unspecified atom stereocenters. The molecular weight excluding hydrogens is 324 g/mol. The smallest absolute Gasteiger partial charge is 0.250 e. The van der Waals surface area contributed by atoms with E-state index in [2.05, 4.69) is 23.5 Å². The third kappa shape index (κ3) is 4.43. The third-order valence-electron chi connectivity index (χ3n) is 5.65. The van der Waals surface area contributed by atoms with Gasteiger partial charge in [-0.1, -0.05) is 74.6 Å². The predicted molar refractivity (Wildman–Crippen MR) is 106 cm³/mol. The topological polar surface area (TPSA) is 75.3 Å². The fraction of sp³-hybridized carbons (Fsp3) is 0.500. The highest BCUT2D eigenvalue weighted by atomic mass is 16.3. The molecule has 4 heteroatoms. The quantitative estimate of drug-likeness (QED) is 0.741. The fourth-order valence-corrected chi connectivity index (χ4v) is 4.14. The van der Waals surface area contributed by atoms with Crippen LogP contribution in [0.25, 0.3) is 10.8 Å². The van der Waals surface area contributed by atoms with Gasteiger partial charge >= 0.3 is 0 Å². The molecule has 140 valence electrons. The number of rotatable bonds is 6. The van der Waals surface area contributed by atoms with Crippen LogP contribution in [0.1, 0.15) is 57.1 Å². The zero-order chi connectivity index (χ0) is 18.5. The van der Waals surface area contributed by atoms with Crippen molar-refractivity contribution in [1.82, 2.24) is 5.32 Å². The lowest BCUT2D eigenvalue weighted by Crippen LogP contribution is -2.47. The van der Waals surface area contributed by atoms with Gasteiger partial charge in [-0.2, -0.15) is 0 Å². The van der Waals surface area contributed by atoms with Crippen molar-refractivity contribution < 1.29 is 9.90 Å². The van der Waals surface area contributed by atoms with Crippen LogP contribution >= 0.6 is 0 Å². The Morgan fingerprint density at radius 3 is 2.62 bits per heavy atom. The molecule has 1 fully saturated rings. The van der Waals surface area contributed by atoms with Gasteiger partial charge in [0.05, 0.1) is 6.04 Å². The van der Waals surface area contributed by atoms with E-state index in [1.807, 2.05) is 31.2 Å². The molecule has 1 amide bonds. The zero-order valence-corrected chi connectivity index (χ0v) is 15.5. The molecule has 0 bridgehead atoms. The van der Waals surface area contributed by atoms with Crippen molar-refractivity contribution >= 4 is 16.7 Å². The Kier molecular flexibility index (Phi) is 6.28. The van der Waals surface area contributed by atoms with E-state index in [-0.39, 0.29) is 11.9 Å². The highest BCUT2D eigenvalue weighted by Gasteiger charge is 2.27. The van der Waals surface area contributed by atoms with Crippen molar-refractivity contribution in [3.8, 4) is 0 Å². The Morgan fingerprint density at radius 1 is 1.15 bits per heavy atom. The Bertz CT molecular complexity index is 735. The van der Waals surface area contributed by atoms with Crippen molar-refractivity contribution in [2.75, 3.05) is 0 Å². The van der Waals surface area contributed by atoms with E-state index < -0.39 is 12.1 Å². The second-order valence-electron chi connectivity index (χ2n) is 7.65. The standard InChI is InChI=1S/C22H30N2O2/c1-15(18-13-7-11-17-10-5-6-12-19(17)18)24-22(26)21(25)20(23)14-16-8-3-2-4-9-16/h5-7,10-13,15-16,20-21,25H,2-4,8-9,14,23H2,1H3,(H,24,26)/t15-,20+,21?/m0/s1. The summed E-state index contributed by atoms with van der Waals surface area (Å²) < 4.78 is 0. The van der Waals surface area contributed by atoms with Crippen LogP contribution < -0.4 is 11.1 Å². The molecule has 4 nitrogen and oxygen atoms in total. The minimum absolute atomic E-state index is 0.190. The Hall–Kier alpha value is -1.91. The van der Waals surface area contributed by atoms with Crippen LogP contribution in [0.5, 0.6) is 0 Å². The Balaban J connectivity index is 1.62. The summed E-state index contributed by atoms with van der Waals surface area (Å²) in [6.07, 6.45) is 5.64. The van der Waals surface area contributed by atoms with E-state index in [1.54, 1.807) is 0 Å². The molecule has 0 aromatic heterocycles. The predicted octanol–water partition coefficient (Wildman–Crippen LogP) is 3.68. The van der Waals surface area contributed by atoms with Gasteiger partial charge in [0.25, 0.3) is 5.91 Å². The minimum atomic E-state index is -1.16. The monoisotopic (exact) mass is 354 g/mol. The van der Waals surface area contributed by atoms with Crippen LogP contribution in [-0.2, 0) is 4.79 Å². The number of benzene rings is 2. The molecule has 0 heterocycles. The number of hydrogen-bond donors (Lipinski definition) is 3. The minimum Gasteiger partial charge on any atom is -0.382 e. The average Bonchev–Trinajstić information content (AvgIpc) is 2.67. The van der Waals surface area contributed by atoms with Crippen LogP contribution in [0.2, 0.25) is 0 Å². The first kappa shape index (κ1) is 18.9. The summed E-state index contributed by atoms with van der Waals surface area (Å²) in [5.74, 6) is 0.158. The first-order chi connectivity index (χ1) is 12.6. The van der Waals surface area contributed by atoms with Gasteiger partial charge in [0.2, 0.25) is 0 Å². The number of aliphatic hydroxyl groups excluding tert-OH is 1. The molecule has 0 aliphatic heterocycles. The largest absolute Gasteiger partial charge is 0.382 e.